The zero-order chi connectivity index (χ0) is 22.2. The van der Waals surface area contributed by atoms with E-state index in [4.69, 9.17) is 4.74 Å². The molecule has 164 valence electrons. The molecule has 33 heavy (non-hydrogen) atoms. The van der Waals surface area contributed by atoms with Crippen molar-refractivity contribution >= 4 is 27.8 Å². The predicted octanol–water partition coefficient (Wildman–Crippen LogP) is 4.71. The van der Waals surface area contributed by atoms with Gasteiger partial charge in [-0.3, -0.25) is 9.78 Å². The van der Waals surface area contributed by atoms with Crippen molar-refractivity contribution in [3.8, 4) is 11.1 Å². The van der Waals surface area contributed by atoms with E-state index in [2.05, 4.69) is 63.1 Å². The van der Waals surface area contributed by atoms with Gasteiger partial charge in [0.05, 0.1) is 30.8 Å². The fraction of sp³-hybridized carbons (Fsp3) is 0.185. The van der Waals surface area contributed by atoms with Crippen molar-refractivity contribution in [1.29, 1.82) is 0 Å². The van der Waals surface area contributed by atoms with Crippen LogP contribution in [0.4, 0.5) is 0 Å². The lowest BCUT2D eigenvalue weighted by Crippen LogP contribution is -2.40. The van der Waals surface area contributed by atoms with Crippen LogP contribution in [-0.2, 0) is 11.3 Å². The number of carbonyl (C=O) groups is 1. The van der Waals surface area contributed by atoms with Crippen molar-refractivity contribution in [1.82, 2.24) is 19.4 Å². The summed E-state index contributed by atoms with van der Waals surface area (Å²) in [6.45, 7) is 3.03. The monoisotopic (exact) mass is 436 g/mol. The van der Waals surface area contributed by atoms with Gasteiger partial charge in [-0.05, 0) is 41.5 Å². The van der Waals surface area contributed by atoms with Gasteiger partial charge in [-0.25, -0.2) is 0 Å². The van der Waals surface area contributed by atoms with Crippen LogP contribution < -0.4 is 0 Å². The van der Waals surface area contributed by atoms with Crippen molar-refractivity contribution in [2.75, 3.05) is 26.3 Å². The topological polar surface area (TPSA) is 63.2 Å². The molecular formula is C27H24N4O2. The van der Waals surface area contributed by atoms with Gasteiger partial charge in [0.15, 0.2) is 0 Å². The molecule has 0 bridgehead atoms. The number of ether oxygens (including phenoxy) is 1. The molecule has 6 heteroatoms. The summed E-state index contributed by atoms with van der Waals surface area (Å²) in [5, 5.41) is 1.17. The van der Waals surface area contributed by atoms with E-state index in [1.54, 1.807) is 6.20 Å². The maximum Gasteiger partial charge on any atom is 0.257 e. The Bertz CT molecular complexity index is 1450. The van der Waals surface area contributed by atoms with Gasteiger partial charge in [-0.15, -0.1) is 0 Å². The summed E-state index contributed by atoms with van der Waals surface area (Å²) in [5.41, 5.74) is 6.94. The van der Waals surface area contributed by atoms with Gasteiger partial charge in [0.25, 0.3) is 5.91 Å². The largest absolute Gasteiger partial charge is 0.378 e. The molecule has 3 aromatic heterocycles. The Labute approximate surface area is 191 Å². The number of pyridine rings is 1. The Morgan fingerprint density at radius 1 is 0.970 bits per heavy atom. The number of morpholine rings is 1. The SMILES string of the molecule is O=C(c1cn(Cc2cc3cc(-c4ccccc4)ccc3[nH]2)c2cccnc12)N1CCOCC1. The Balaban J connectivity index is 1.34. The minimum Gasteiger partial charge on any atom is -0.378 e. The first-order valence-corrected chi connectivity index (χ1v) is 11.2. The second kappa shape index (κ2) is 8.22. The van der Waals surface area contributed by atoms with Gasteiger partial charge in [-0.2, -0.15) is 0 Å². The Morgan fingerprint density at radius 2 is 1.82 bits per heavy atom. The molecular weight excluding hydrogens is 412 g/mol. The van der Waals surface area contributed by atoms with Crippen molar-refractivity contribution in [2.45, 2.75) is 6.54 Å². The molecule has 4 heterocycles. The minimum atomic E-state index is 0.0184. The van der Waals surface area contributed by atoms with E-state index in [1.165, 1.54) is 16.5 Å². The molecule has 0 unspecified atom stereocenters. The maximum atomic E-state index is 13.2. The van der Waals surface area contributed by atoms with Crippen LogP contribution in [-0.4, -0.2) is 51.6 Å². The quantitative estimate of drug-likeness (QED) is 0.444. The van der Waals surface area contributed by atoms with Gasteiger partial charge in [0.1, 0.15) is 5.52 Å². The average molecular weight is 437 g/mol. The smallest absolute Gasteiger partial charge is 0.257 e. The number of amides is 1. The summed E-state index contributed by atoms with van der Waals surface area (Å²) in [7, 11) is 0. The first-order chi connectivity index (χ1) is 16.3. The predicted molar refractivity (Wildman–Crippen MR) is 129 cm³/mol. The number of hydrogen-bond donors (Lipinski definition) is 1. The summed E-state index contributed by atoms with van der Waals surface area (Å²) in [6, 6.07) is 23.0. The highest BCUT2D eigenvalue weighted by atomic mass is 16.5. The summed E-state index contributed by atoms with van der Waals surface area (Å²) in [5.74, 6) is 0.0184. The molecule has 6 rings (SSSR count). The highest BCUT2D eigenvalue weighted by Gasteiger charge is 2.23. The number of nitrogens with one attached hydrogen (secondary N) is 1. The van der Waals surface area contributed by atoms with Crippen LogP contribution in [0.25, 0.3) is 33.1 Å². The van der Waals surface area contributed by atoms with Crippen LogP contribution in [0.1, 0.15) is 16.1 Å². The average Bonchev–Trinajstić information content (AvgIpc) is 3.45. The van der Waals surface area contributed by atoms with Crippen molar-refractivity contribution in [2.24, 2.45) is 0 Å². The molecule has 1 amide bonds. The van der Waals surface area contributed by atoms with E-state index in [9.17, 15) is 4.79 Å². The molecule has 0 spiro atoms. The number of H-pyrrole nitrogens is 1. The highest BCUT2D eigenvalue weighted by molar-refractivity contribution is 6.05. The Hall–Kier alpha value is -3.90. The number of aromatic nitrogens is 3. The molecule has 1 aliphatic rings. The van der Waals surface area contributed by atoms with Crippen LogP contribution in [0.15, 0.2) is 79.1 Å². The number of carbonyl (C=O) groups excluding carboxylic acids is 1. The number of fused-ring (bicyclic) bond motifs is 2. The number of hydrogen-bond acceptors (Lipinski definition) is 3. The molecule has 0 saturated carbocycles. The zero-order valence-corrected chi connectivity index (χ0v) is 18.2. The van der Waals surface area contributed by atoms with Crippen LogP contribution >= 0.6 is 0 Å². The molecule has 1 N–H and O–H groups in total. The molecule has 0 aliphatic carbocycles. The maximum absolute atomic E-state index is 13.2. The van der Waals surface area contributed by atoms with Gasteiger partial charge in [0.2, 0.25) is 0 Å². The normalized spacial score (nSPS) is 14.2. The highest BCUT2D eigenvalue weighted by Crippen LogP contribution is 2.27. The third-order valence-corrected chi connectivity index (χ3v) is 6.29. The lowest BCUT2D eigenvalue weighted by Gasteiger charge is -2.26. The zero-order valence-electron chi connectivity index (χ0n) is 18.2. The second-order valence-electron chi connectivity index (χ2n) is 8.41. The fourth-order valence-corrected chi connectivity index (χ4v) is 4.62. The number of aromatic amines is 1. The summed E-state index contributed by atoms with van der Waals surface area (Å²) >= 11 is 0. The van der Waals surface area contributed by atoms with Crippen LogP contribution in [0.2, 0.25) is 0 Å². The molecule has 1 saturated heterocycles. The number of rotatable bonds is 4. The van der Waals surface area contributed by atoms with Crippen LogP contribution in [0, 0.1) is 0 Å². The van der Waals surface area contributed by atoms with E-state index >= 15 is 0 Å². The second-order valence-corrected chi connectivity index (χ2v) is 8.41. The van der Waals surface area contributed by atoms with Crippen LogP contribution in [0.3, 0.4) is 0 Å². The fourth-order valence-electron chi connectivity index (χ4n) is 4.62. The Kier molecular flexibility index (Phi) is 4.92. The summed E-state index contributed by atoms with van der Waals surface area (Å²) in [6.07, 6.45) is 3.69. The molecule has 0 radical (unpaired) electrons. The lowest BCUT2D eigenvalue weighted by molar-refractivity contribution is 0.0304. The molecule has 0 atom stereocenters. The van der Waals surface area contributed by atoms with E-state index in [1.807, 2.05) is 29.3 Å². The van der Waals surface area contributed by atoms with E-state index in [0.717, 1.165) is 22.2 Å². The van der Waals surface area contributed by atoms with Crippen LogP contribution in [0.5, 0.6) is 0 Å². The molecule has 2 aromatic carbocycles. The minimum absolute atomic E-state index is 0.0184. The third kappa shape index (κ3) is 3.68. The molecule has 6 nitrogen and oxygen atoms in total. The van der Waals surface area contributed by atoms with Crippen molar-refractivity contribution < 1.29 is 9.53 Å². The summed E-state index contributed by atoms with van der Waals surface area (Å²) < 4.78 is 7.51. The van der Waals surface area contributed by atoms with Gasteiger partial charge < -0.3 is 19.2 Å². The standard InChI is InChI=1S/C27H24N4O2/c32-27(30-11-13-33-14-12-30)23-18-31(25-7-4-10-28-26(23)25)17-22-16-21-15-20(8-9-24(21)29-22)19-5-2-1-3-6-19/h1-10,15-16,18,29H,11-14,17H2. The van der Waals surface area contributed by atoms with E-state index in [0.29, 0.717) is 38.4 Å². The van der Waals surface area contributed by atoms with Crippen molar-refractivity contribution in [3.63, 3.8) is 0 Å². The van der Waals surface area contributed by atoms with Crippen molar-refractivity contribution in [3.05, 3.63) is 90.4 Å². The first-order valence-electron chi connectivity index (χ1n) is 11.2. The first kappa shape index (κ1) is 19.8. The summed E-state index contributed by atoms with van der Waals surface area (Å²) in [4.78, 5) is 23.1. The third-order valence-electron chi connectivity index (χ3n) is 6.29. The van der Waals surface area contributed by atoms with Gasteiger partial charge >= 0.3 is 0 Å². The Morgan fingerprint density at radius 3 is 2.67 bits per heavy atom. The van der Waals surface area contributed by atoms with Gasteiger partial charge in [-0.1, -0.05) is 36.4 Å². The molecule has 1 fully saturated rings. The lowest BCUT2D eigenvalue weighted by atomic mass is 10.0. The molecule has 1 aliphatic heterocycles. The number of benzene rings is 2. The van der Waals surface area contributed by atoms with Gasteiger partial charge in [0, 0.05) is 42.1 Å². The van der Waals surface area contributed by atoms with E-state index < -0.39 is 0 Å². The molecule has 5 aromatic rings. The van der Waals surface area contributed by atoms with E-state index in [-0.39, 0.29) is 5.91 Å². The number of nitrogens with zero attached hydrogens (tertiary/aromatic N) is 3.